The summed E-state index contributed by atoms with van der Waals surface area (Å²) in [5, 5.41) is 41.1. The molecule has 0 spiro atoms. The predicted octanol–water partition coefficient (Wildman–Crippen LogP) is -3.92. The maximum Gasteiger partial charge on any atom is 0.243 e. The highest BCUT2D eigenvalue weighted by atomic mass is 19.1. The van der Waals surface area contributed by atoms with E-state index in [0.29, 0.717) is 16.5 Å². The van der Waals surface area contributed by atoms with Crippen LogP contribution in [0.4, 0.5) is 4.39 Å². The van der Waals surface area contributed by atoms with Gasteiger partial charge in [-0.15, -0.1) is 0 Å². The third-order valence-electron chi connectivity index (χ3n) is 12.0. The van der Waals surface area contributed by atoms with Crippen LogP contribution in [0.5, 0.6) is 0 Å². The SMILES string of the molecule is CC(=O)N[C@@H](CCCNC(=N)N)C(=O)N[C@H]1CCCNC(=O)CCC(C(N)=O)NC(=O)[C@H](Cc2c[nH]c3ccccc23)NC(=O)[C@H](CCCNC(=N)N)NC(=O)[C@@H](Cc2ccccc2F)NC(=O)[C@H](CC(N)=O)NC1=O. The van der Waals surface area contributed by atoms with Crippen LogP contribution in [0.25, 0.3) is 10.9 Å². The molecule has 4 rings (SSSR count). The maximum atomic E-state index is 15.3. The third-order valence-corrected chi connectivity index (χ3v) is 12.0. The first-order valence-corrected chi connectivity index (χ1v) is 24.5. The fourth-order valence-electron chi connectivity index (χ4n) is 8.16. The smallest absolute Gasteiger partial charge is 0.243 e. The molecule has 0 bridgehead atoms. The van der Waals surface area contributed by atoms with Crippen LogP contribution in [0.3, 0.4) is 0 Å². The number of hydrogen-bond donors (Lipinski definition) is 17. The van der Waals surface area contributed by atoms with E-state index in [2.05, 4.69) is 58.2 Å². The zero-order chi connectivity index (χ0) is 55.9. The molecule has 1 saturated heterocycles. The fraction of sp³-hybridized carbons (Fsp3) is 0.458. The van der Waals surface area contributed by atoms with Crippen molar-refractivity contribution in [3.8, 4) is 0 Å². The summed E-state index contributed by atoms with van der Waals surface area (Å²) in [5.74, 6) is -10.8. The van der Waals surface area contributed by atoms with Crippen LogP contribution >= 0.6 is 0 Å². The van der Waals surface area contributed by atoms with Crippen LogP contribution in [0.15, 0.2) is 54.7 Å². The van der Waals surface area contributed by atoms with Gasteiger partial charge in [0.2, 0.25) is 59.1 Å². The number of nitrogens with one attached hydrogen (secondary N) is 13. The first kappa shape index (κ1) is 59.7. The number of fused-ring (bicyclic) bond motifs is 1. The summed E-state index contributed by atoms with van der Waals surface area (Å²) in [6.45, 7) is 1.21. The molecular formula is C48H68FN17O10. The van der Waals surface area contributed by atoms with Gasteiger partial charge in [0.15, 0.2) is 11.9 Å². The topological polar surface area (TPSA) is 459 Å². The minimum Gasteiger partial charge on any atom is -0.370 e. The molecule has 0 saturated carbocycles. The monoisotopic (exact) mass is 1060 g/mol. The number of halogens is 1. The minimum absolute atomic E-state index is 0.00355. The molecule has 1 aliphatic heterocycles. The van der Waals surface area contributed by atoms with Gasteiger partial charge in [-0.05, 0) is 68.2 Å². The Kier molecular flexibility index (Phi) is 23.4. The number of carbonyl (C=O) groups excluding carboxylic acids is 10. The van der Waals surface area contributed by atoms with Crippen molar-refractivity contribution in [2.75, 3.05) is 19.6 Å². The first-order valence-electron chi connectivity index (χ1n) is 24.5. The molecule has 76 heavy (non-hydrogen) atoms. The van der Waals surface area contributed by atoms with Gasteiger partial charge in [-0.25, -0.2) is 4.39 Å². The van der Waals surface area contributed by atoms with E-state index in [1.807, 2.05) is 0 Å². The van der Waals surface area contributed by atoms with Gasteiger partial charge in [-0.1, -0.05) is 36.4 Å². The lowest BCUT2D eigenvalue weighted by molar-refractivity contribution is -0.136. The number of aromatic nitrogens is 1. The van der Waals surface area contributed by atoms with Crippen molar-refractivity contribution >= 4 is 81.9 Å². The van der Waals surface area contributed by atoms with Crippen LogP contribution in [0.2, 0.25) is 0 Å². The lowest BCUT2D eigenvalue weighted by Crippen LogP contribution is -2.61. The molecule has 28 heteroatoms. The molecule has 10 amide bonds. The van der Waals surface area contributed by atoms with Gasteiger partial charge in [0, 0.05) is 62.9 Å². The second kappa shape index (κ2) is 29.7. The number of H-pyrrole nitrogens is 1. The number of amides is 10. The first-order chi connectivity index (χ1) is 36.1. The van der Waals surface area contributed by atoms with E-state index >= 15 is 4.39 Å². The molecule has 3 aromatic rings. The molecule has 7 atom stereocenters. The highest BCUT2D eigenvalue weighted by molar-refractivity contribution is 5.99. The summed E-state index contributed by atoms with van der Waals surface area (Å²) < 4.78 is 15.3. The Bertz CT molecular complexity index is 2610. The number of para-hydroxylation sites is 1. The summed E-state index contributed by atoms with van der Waals surface area (Å²) in [6.07, 6.45) is -0.781. The van der Waals surface area contributed by atoms with Gasteiger partial charge in [-0.2, -0.15) is 0 Å². The molecule has 0 radical (unpaired) electrons. The number of benzene rings is 2. The van der Waals surface area contributed by atoms with Crippen molar-refractivity contribution in [1.29, 1.82) is 10.8 Å². The third kappa shape index (κ3) is 19.9. The van der Waals surface area contributed by atoms with E-state index in [1.165, 1.54) is 18.2 Å². The van der Waals surface area contributed by atoms with Crippen molar-refractivity contribution in [3.63, 3.8) is 0 Å². The Morgan fingerprint density at radius 1 is 0.711 bits per heavy atom. The van der Waals surface area contributed by atoms with E-state index in [1.54, 1.807) is 30.5 Å². The highest BCUT2D eigenvalue weighted by Crippen LogP contribution is 2.20. The second-order valence-electron chi connectivity index (χ2n) is 18.0. The van der Waals surface area contributed by atoms with Crippen molar-refractivity contribution in [1.82, 2.24) is 58.2 Å². The molecular weight excluding hydrogens is 994 g/mol. The Hall–Kier alpha value is -8.85. The number of rotatable bonds is 18. The lowest BCUT2D eigenvalue weighted by atomic mass is 10.0. The van der Waals surface area contributed by atoms with Crippen LogP contribution in [-0.2, 0) is 60.8 Å². The Balaban J connectivity index is 1.78. The summed E-state index contributed by atoms with van der Waals surface area (Å²) >= 11 is 0. The Morgan fingerprint density at radius 3 is 1.93 bits per heavy atom. The number of aromatic amines is 1. The van der Waals surface area contributed by atoms with Crippen molar-refractivity contribution < 1.29 is 52.3 Å². The number of nitrogens with two attached hydrogens (primary N) is 4. The van der Waals surface area contributed by atoms with E-state index < -0.39 is 126 Å². The molecule has 1 aliphatic rings. The quantitative estimate of drug-likeness (QED) is 0.0329. The molecule has 2 aromatic carbocycles. The summed E-state index contributed by atoms with van der Waals surface area (Å²) in [6, 6.07) is 1.60. The van der Waals surface area contributed by atoms with Gasteiger partial charge in [-0.3, -0.25) is 58.8 Å². The van der Waals surface area contributed by atoms with Crippen LogP contribution in [-0.4, -0.2) is 138 Å². The highest BCUT2D eigenvalue weighted by Gasteiger charge is 2.35. The molecule has 2 heterocycles. The zero-order valence-electron chi connectivity index (χ0n) is 41.9. The van der Waals surface area contributed by atoms with Gasteiger partial charge >= 0.3 is 0 Å². The Morgan fingerprint density at radius 2 is 1.29 bits per heavy atom. The second-order valence-corrected chi connectivity index (χ2v) is 18.0. The normalized spacial score (nSPS) is 20.9. The average molecular weight is 1060 g/mol. The maximum absolute atomic E-state index is 15.3. The summed E-state index contributed by atoms with van der Waals surface area (Å²) in [5.41, 5.74) is 23.3. The standard InChI is InChI=1S/C48H68FN17O10/c1-25(67)60-32(13-7-19-57-47(52)53)41(71)62-33-14-6-18-56-39(69)17-16-31(40(51)70)61-44(74)36(22-27-24-59-30-12-5-3-10-28(27)30)64-42(72)34(15-8-20-58-48(54)55)63-45(75)35(21-26-9-2-4-11-29(26)49)65-46(76)37(23-38(50)68)66-43(33)73/h2-5,9-12,24,31-37,59H,6-8,13-23H2,1H3,(H2,50,68)(H2,51,70)(H,56,69)(H,60,67)(H,61,74)(H,62,71)(H,63,75)(H,64,72)(H,65,76)(H,66,73)(H4,52,53,57)(H4,54,55,58)/t31?,32-,33-,34-,35+,36-,37-/m0/s1. The van der Waals surface area contributed by atoms with E-state index in [4.69, 9.17) is 33.8 Å². The lowest BCUT2D eigenvalue weighted by Gasteiger charge is -2.28. The molecule has 1 fully saturated rings. The Labute approximate surface area is 436 Å². The van der Waals surface area contributed by atoms with Crippen LogP contribution in [0, 0.1) is 16.6 Å². The van der Waals surface area contributed by atoms with Crippen LogP contribution in [0.1, 0.15) is 75.8 Å². The molecule has 27 nitrogen and oxygen atoms in total. The molecule has 1 unspecified atom stereocenters. The summed E-state index contributed by atoms with van der Waals surface area (Å²) in [4.78, 5) is 139. The van der Waals surface area contributed by atoms with Gasteiger partial charge < -0.3 is 81.1 Å². The number of primary amides is 2. The van der Waals surface area contributed by atoms with Crippen molar-refractivity contribution in [2.24, 2.45) is 22.9 Å². The average Bonchev–Trinajstić information content (AvgIpc) is 3.76. The molecule has 1 aromatic heterocycles. The number of guanidine groups is 2. The van der Waals surface area contributed by atoms with Crippen molar-refractivity contribution in [3.05, 3.63) is 71.7 Å². The fourth-order valence-corrected chi connectivity index (χ4v) is 8.16. The predicted molar refractivity (Wildman–Crippen MR) is 274 cm³/mol. The molecule has 0 aliphatic carbocycles. The zero-order valence-corrected chi connectivity index (χ0v) is 41.9. The van der Waals surface area contributed by atoms with E-state index in [9.17, 15) is 47.9 Å². The molecule has 21 N–H and O–H groups in total. The van der Waals surface area contributed by atoms with E-state index in [-0.39, 0.29) is 88.9 Å². The molecule has 412 valence electrons. The largest absolute Gasteiger partial charge is 0.370 e. The van der Waals surface area contributed by atoms with Crippen LogP contribution < -0.4 is 76.1 Å². The number of carbonyl (C=O) groups is 10. The van der Waals surface area contributed by atoms with Gasteiger partial charge in [0.05, 0.1) is 6.42 Å². The van der Waals surface area contributed by atoms with Gasteiger partial charge in [0.1, 0.15) is 48.1 Å². The summed E-state index contributed by atoms with van der Waals surface area (Å²) in [7, 11) is 0. The van der Waals surface area contributed by atoms with Gasteiger partial charge in [0.25, 0.3) is 0 Å². The number of hydrogen-bond acceptors (Lipinski definition) is 12. The minimum atomic E-state index is -1.84. The van der Waals surface area contributed by atoms with E-state index in [0.717, 1.165) is 13.0 Å². The van der Waals surface area contributed by atoms with Crippen molar-refractivity contribution in [2.45, 2.75) is 120 Å².